The number of hydrogen-bond acceptors (Lipinski definition) is 4. The predicted molar refractivity (Wildman–Crippen MR) is 80.7 cm³/mol. The molecule has 0 heterocycles. The van der Waals surface area contributed by atoms with E-state index in [-0.39, 0.29) is 21.9 Å². The molecule has 0 aliphatic carbocycles. The van der Waals surface area contributed by atoms with E-state index in [9.17, 15) is 14.9 Å². The van der Waals surface area contributed by atoms with Crippen LogP contribution in [0.4, 0.5) is 5.69 Å². The van der Waals surface area contributed by atoms with Crippen LogP contribution >= 0.6 is 27.7 Å². The van der Waals surface area contributed by atoms with Gasteiger partial charge in [0.1, 0.15) is 0 Å². The zero-order valence-corrected chi connectivity index (χ0v) is 13.3. The van der Waals surface area contributed by atoms with Crippen LogP contribution in [0.3, 0.4) is 0 Å². The van der Waals surface area contributed by atoms with Crippen LogP contribution in [0.2, 0.25) is 0 Å². The maximum Gasteiger partial charge on any atom is 0.270 e. The highest BCUT2D eigenvalue weighted by Gasteiger charge is 2.20. The number of benzene rings is 1. The third kappa shape index (κ3) is 4.50. The molecule has 0 fully saturated rings. The Morgan fingerprint density at radius 2 is 2.16 bits per heavy atom. The number of nitro benzene ring substituents is 1. The molecule has 0 spiro atoms. The molecule has 19 heavy (non-hydrogen) atoms. The third-order valence-electron chi connectivity index (χ3n) is 2.63. The molecule has 5 nitrogen and oxygen atoms in total. The van der Waals surface area contributed by atoms with Gasteiger partial charge in [0.25, 0.3) is 11.6 Å². The van der Waals surface area contributed by atoms with E-state index in [1.54, 1.807) is 11.8 Å². The molecule has 7 heteroatoms. The van der Waals surface area contributed by atoms with Crippen LogP contribution in [0, 0.1) is 10.1 Å². The van der Waals surface area contributed by atoms with Gasteiger partial charge in [0, 0.05) is 27.9 Å². The number of rotatable bonds is 5. The highest BCUT2D eigenvalue weighted by atomic mass is 79.9. The Hall–Kier alpha value is -1.08. The second-order valence-corrected chi connectivity index (χ2v) is 6.94. The average molecular weight is 347 g/mol. The van der Waals surface area contributed by atoms with E-state index in [1.807, 2.05) is 20.1 Å². The summed E-state index contributed by atoms with van der Waals surface area (Å²) in [5, 5.41) is 13.5. The maximum absolute atomic E-state index is 12.0. The topological polar surface area (TPSA) is 72.2 Å². The van der Waals surface area contributed by atoms with Crippen molar-refractivity contribution in [3.63, 3.8) is 0 Å². The summed E-state index contributed by atoms with van der Waals surface area (Å²) in [5.41, 5.74) is 0.170. The van der Waals surface area contributed by atoms with Crippen molar-refractivity contribution in [1.29, 1.82) is 0 Å². The molecule has 0 atom stereocenters. The quantitative estimate of drug-likeness (QED) is 0.656. The highest BCUT2D eigenvalue weighted by molar-refractivity contribution is 9.10. The summed E-state index contributed by atoms with van der Waals surface area (Å²) in [6, 6.07) is 4.13. The predicted octanol–water partition coefficient (Wildman–Crippen LogP) is 3.23. The summed E-state index contributed by atoms with van der Waals surface area (Å²) in [7, 11) is 0. The van der Waals surface area contributed by atoms with Crippen LogP contribution in [0.1, 0.15) is 24.2 Å². The van der Waals surface area contributed by atoms with Gasteiger partial charge >= 0.3 is 0 Å². The van der Waals surface area contributed by atoms with Crippen molar-refractivity contribution in [2.24, 2.45) is 0 Å². The molecule has 1 rings (SSSR count). The van der Waals surface area contributed by atoms with Gasteiger partial charge in [-0.1, -0.05) is 0 Å². The number of amides is 1. The monoisotopic (exact) mass is 346 g/mol. The maximum atomic E-state index is 12.0. The standard InChI is InChI=1S/C12H15BrN2O3S/c1-12(2,19-3)7-14-11(16)9-6-8(15(17)18)4-5-10(9)13/h4-6H,7H2,1-3H3,(H,14,16). The molecule has 0 unspecified atom stereocenters. The molecule has 0 bridgehead atoms. The van der Waals surface area contributed by atoms with Crippen LogP contribution in [0.25, 0.3) is 0 Å². The molecule has 0 saturated heterocycles. The van der Waals surface area contributed by atoms with Gasteiger partial charge in [-0.25, -0.2) is 0 Å². The van der Waals surface area contributed by atoms with Crippen LogP contribution in [0.15, 0.2) is 22.7 Å². The number of carbonyl (C=O) groups excluding carboxylic acids is 1. The number of nitrogens with zero attached hydrogens (tertiary/aromatic N) is 1. The summed E-state index contributed by atoms with van der Waals surface area (Å²) in [6.07, 6.45) is 1.97. The minimum Gasteiger partial charge on any atom is -0.351 e. The number of halogens is 1. The fourth-order valence-corrected chi connectivity index (χ4v) is 1.90. The molecule has 0 aliphatic rings. The summed E-state index contributed by atoms with van der Waals surface area (Å²) in [4.78, 5) is 22.2. The van der Waals surface area contributed by atoms with Crippen LogP contribution in [0.5, 0.6) is 0 Å². The lowest BCUT2D eigenvalue weighted by molar-refractivity contribution is -0.384. The zero-order chi connectivity index (χ0) is 14.6. The largest absolute Gasteiger partial charge is 0.351 e. The summed E-state index contributed by atoms with van der Waals surface area (Å²) in [5.74, 6) is -0.322. The Balaban J connectivity index is 2.88. The van der Waals surface area contributed by atoms with E-state index >= 15 is 0 Å². The zero-order valence-electron chi connectivity index (χ0n) is 10.9. The van der Waals surface area contributed by atoms with Crippen molar-refractivity contribution in [2.45, 2.75) is 18.6 Å². The first-order chi connectivity index (χ1) is 8.76. The second-order valence-electron chi connectivity index (χ2n) is 4.57. The van der Waals surface area contributed by atoms with Crippen LogP contribution in [-0.2, 0) is 0 Å². The van der Waals surface area contributed by atoms with Crippen molar-refractivity contribution in [3.8, 4) is 0 Å². The van der Waals surface area contributed by atoms with Crippen LogP contribution < -0.4 is 5.32 Å². The van der Waals surface area contributed by atoms with Crippen molar-refractivity contribution in [2.75, 3.05) is 12.8 Å². The van der Waals surface area contributed by atoms with Gasteiger partial charge in [0.05, 0.1) is 10.5 Å². The Bertz CT molecular complexity index is 506. The fourth-order valence-electron chi connectivity index (χ4n) is 1.26. The SMILES string of the molecule is CSC(C)(C)CNC(=O)c1cc([N+](=O)[O-])ccc1Br. The smallest absolute Gasteiger partial charge is 0.270 e. The van der Waals surface area contributed by atoms with E-state index in [4.69, 9.17) is 0 Å². The van der Waals surface area contributed by atoms with E-state index in [1.165, 1.54) is 18.2 Å². The van der Waals surface area contributed by atoms with Gasteiger partial charge in [-0.2, -0.15) is 11.8 Å². The molecule has 0 radical (unpaired) electrons. The molecule has 1 aromatic rings. The molecular weight excluding hydrogens is 332 g/mol. The van der Waals surface area contributed by atoms with Gasteiger partial charge in [0.15, 0.2) is 0 Å². The van der Waals surface area contributed by atoms with E-state index in [2.05, 4.69) is 21.2 Å². The second kappa shape index (κ2) is 6.38. The van der Waals surface area contributed by atoms with Crippen molar-refractivity contribution in [3.05, 3.63) is 38.3 Å². The first-order valence-electron chi connectivity index (χ1n) is 5.54. The van der Waals surface area contributed by atoms with Crippen molar-refractivity contribution < 1.29 is 9.72 Å². The Morgan fingerprint density at radius 3 is 2.68 bits per heavy atom. The first-order valence-corrected chi connectivity index (χ1v) is 7.56. The van der Waals surface area contributed by atoms with Gasteiger partial charge in [-0.3, -0.25) is 14.9 Å². The fraction of sp³-hybridized carbons (Fsp3) is 0.417. The van der Waals surface area contributed by atoms with Crippen molar-refractivity contribution in [1.82, 2.24) is 5.32 Å². The summed E-state index contributed by atoms with van der Waals surface area (Å²) >= 11 is 4.87. The summed E-state index contributed by atoms with van der Waals surface area (Å²) < 4.78 is 0.459. The minimum atomic E-state index is -0.519. The molecule has 0 aliphatic heterocycles. The van der Waals surface area contributed by atoms with E-state index in [0.29, 0.717) is 11.0 Å². The van der Waals surface area contributed by atoms with Gasteiger partial charge in [-0.15, -0.1) is 0 Å². The van der Waals surface area contributed by atoms with E-state index in [0.717, 1.165) is 0 Å². The molecule has 104 valence electrons. The van der Waals surface area contributed by atoms with Gasteiger partial charge < -0.3 is 5.32 Å². The Kier molecular flexibility index (Phi) is 5.37. The van der Waals surface area contributed by atoms with Crippen LogP contribution in [-0.4, -0.2) is 28.4 Å². The molecule has 0 saturated carbocycles. The third-order valence-corrected chi connectivity index (χ3v) is 4.57. The first kappa shape index (κ1) is 16.0. The normalized spacial score (nSPS) is 11.2. The van der Waals surface area contributed by atoms with Gasteiger partial charge in [0.2, 0.25) is 0 Å². The minimum absolute atomic E-state index is 0.0805. The number of hydrogen-bond donors (Lipinski definition) is 1. The lowest BCUT2D eigenvalue weighted by atomic mass is 10.1. The lowest BCUT2D eigenvalue weighted by Crippen LogP contribution is -2.36. The van der Waals surface area contributed by atoms with Crippen molar-refractivity contribution >= 4 is 39.3 Å². The number of nitro groups is 1. The highest BCUT2D eigenvalue weighted by Crippen LogP contribution is 2.23. The molecule has 1 aromatic carbocycles. The number of non-ortho nitro benzene ring substituents is 1. The molecule has 1 N–H and O–H groups in total. The molecular formula is C12H15BrN2O3S. The Morgan fingerprint density at radius 1 is 1.53 bits per heavy atom. The average Bonchev–Trinajstić information content (AvgIpc) is 2.36. The number of carbonyl (C=O) groups is 1. The Labute approximate surface area is 124 Å². The van der Waals surface area contributed by atoms with E-state index < -0.39 is 4.92 Å². The number of nitrogens with one attached hydrogen (secondary N) is 1. The lowest BCUT2D eigenvalue weighted by Gasteiger charge is -2.22. The number of thioether (sulfide) groups is 1. The summed E-state index contributed by atoms with van der Waals surface area (Å²) in [6.45, 7) is 4.52. The van der Waals surface area contributed by atoms with Gasteiger partial charge in [-0.05, 0) is 42.1 Å². The molecule has 0 aromatic heterocycles. The molecule has 1 amide bonds.